The van der Waals surface area contributed by atoms with Crippen LogP contribution in [0.5, 0.6) is 11.5 Å². The molecule has 2 aromatic carbocycles. The van der Waals surface area contributed by atoms with Crippen molar-refractivity contribution >= 4 is 45.3 Å². The molecule has 238 valence electrons. The largest absolute Gasteiger partial charge is 0.506 e. The highest BCUT2D eigenvalue weighted by Gasteiger charge is 2.16. The number of ether oxygens (including phenoxy) is 3. The molecule has 2 amide bonds. The molecule has 2 aromatic heterocycles. The van der Waals surface area contributed by atoms with E-state index < -0.39 is 0 Å². The number of carbonyl (C=O) groups excluding carboxylic acids is 2. The summed E-state index contributed by atoms with van der Waals surface area (Å²) in [4.78, 5) is 38.3. The number of hydrogen-bond donors (Lipinski definition) is 4. The summed E-state index contributed by atoms with van der Waals surface area (Å²) in [5, 5.41) is 27.9. The van der Waals surface area contributed by atoms with E-state index in [1.54, 1.807) is 34.1 Å². The number of aromatic nitrogens is 2. The van der Waals surface area contributed by atoms with Crippen molar-refractivity contribution < 1.29 is 34.0 Å². The van der Waals surface area contributed by atoms with Gasteiger partial charge in [-0.25, -0.2) is 9.97 Å². The van der Waals surface area contributed by atoms with Crippen molar-refractivity contribution in [3.05, 3.63) is 60.7 Å². The molecule has 5 rings (SSSR count). The molecule has 0 unspecified atom stereocenters. The third kappa shape index (κ3) is 8.91. The smallest absolute Gasteiger partial charge is 0.239 e. The summed E-state index contributed by atoms with van der Waals surface area (Å²) in [6.07, 6.45) is 0. The molecule has 1 aliphatic rings. The predicted octanol–water partition coefficient (Wildman–Crippen LogP) is 1.80. The van der Waals surface area contributed by atoms with E-state index in [2.05, 4.69) is 20.6 Å². The molecule has 4 N–H and O–H groups in total. The van der Waals surface area contributed by atoms with Gasteiger partial charge >= 0.3 is 0 Å². The van der Waals surface area contributed by atoms with Crippen molar-refractivity contribution in [2.45, 2.75) is 0 Å². The Bertz CT molecular complexity index is 1490. The third-order valence-electron chi connectivity index (χ3n) is 7.21. The average molecular weight is 619 g/mol. The molecule has 0 spiro atoms. The first-order chi connectivity index (χ1) is 22.0. The minimum Gasteiger partial charge on any atom is -0.506 e. The summed E-state index contributed by atoms with van der Waals surface area (Å²) in [7, 11) is 0. The van der Waals surface area contributed by atoms with Gasteiger partial charge in [0.1, 0.15) is 34.2 Å². The van der Waals surface area contributed by atoms with E-state index in [9.17, 15) is 19.8 Å². The van der Waals surface area contributed by atoms with Crippen molar-refractivity contribution in [1.82, 2.24) is 20.6 Å². The Hall–Kier alpha value is -4.72. The standard InChI is InChI=1S/C32H38N6O7/c39-25-5-1-3-23-7-9-27(35-31(23)25)37-13-17-44-19-20-45-18-14-38(28-10-8-24-4-2-6-26(40)32(24)36-28)22-30(42)34-12-16-43-15-11-33-29(41)21-37/h1-10,39-40H,11-22H2,(H,33,41)(H,34,42). The van der Waals surface area contributed by atoms with Crippen LogP contribution in [0.2, 0.25) is 0 Å². The number of carbonyl (C=O) groups is 2. The predicted molar refractivity (Wildman–Crippen MR) is 170 cm³/mol. The van der Waals surface area contributed by atoms with Crippen LogP contribution in [0.25, 0.3) is 21.8 Å². The number of anilines is 2. The summed E-state index contributed by atoms with van der Waals surface area (Å²) in [6.45, 7) is 3.30. The molecule has 13 heteroatoms. The number of nitrogens with one attached hydrogen (secondary N) is 2. The number of fused-ring (bicyclic) bond motifs is 2. The second kappa shape index (κ2) is 15.8. The van der Waals surface area contributed by atoms with Crippen LogP contribution in [0.4, 0.5) is 11.6 Å². The van der Waals surface area contributed by atoms with Crippen molar-refractivity contribution in [3.8, 4) is 11.5 Å². The molecule has 4 aromatic rings. The van der Waals surface area contributed by atoms with Crippen molar-refractivity contribution in [2.24, 2.45) is 0 Å². The van der Waals surface area contributed by atoms with Crippen LogP contribution in [-0.4, -0.2) is 111 Å². The molecule has 3 heterocycles. The molecule has 1 saturated heterocycles. The Morgan fingerprint density at radius 1 is 0.578 bits per heavy atom. The van der Waals surface area contributed by atoms with Gasteiger partial charge in [-0.1, -0.05) is 24.3 Å². The van der Waals surface area contributed by atoms with Crippen molar-refractivity contribution in [1.29, 1.82) is 0 Å². The zero-order valence-electron chi connectivity index (χ0n) is 25.0. The van der Waals surface area contributed by atoms with E-state index >= 15 is 0 Å². The second-order valence-corrected chi connectivity index (χ2v) is 10.4. The lowest BCUT2D eigenvalue weighted by Gasteiger charge is -2.24. The van der Waals surface area contributed by atoms with E-state index in [0.717, 1.165) is 10.8 Å². The summed E-state index contributed by atoms with van der Waals surface area (Å²) in [6, 6.07) is 17.7. The van der Waals surface area contributed by atoms with Gasteiger partial charge in [0.15, 0.2) is 0 Å². The number of hydrogen-bond acceptors (Lipinski definition) is 11. The minimum atomic E-state index is -0.212. The molecule has 13 nitrogen and oxygen atoms in total. The van der Waals surface area contributed by atoms with E-state index in [0.29, 0.717) is 75.3 Å². The first kappa shape index (κ1) is 31.7. The summed E-state index contributed by atoms with van der Waals surface area (Å²) < 4.78 is 17.2. The lowest BCUT2D eigenvalue weighted by Crippen LogP contribution is -2.41. The zero-order chi connectivity index (χ0) is 31.4. The number of para-hydroxylation sites is 2. The van der Waals surface area contributed by atoms with Gasteiger partial charge in [0, 0.05) is 37.0 Å². The van der Waals surface area contributed by atoms with E-state index in [1.807, 2.05) is 36.4 Å². The molecule has 0 bridgehead atoms. The summed E-state index contributed by atoms with van der Waals surface area (Å²) in [5.74, 6) is 0.794. The van der Waals surface area contributed by atoms with Gasteiger partial charge < -0.3 is 44.9 Å². The molecule has 1 fully saturated rings. The van der Waals surface area contributed by atoms with Gasteiger partial charge in [-0.05, 0) is 36.4 Å². The number of aromatic hydroxyl groups is 2. The van der Waals surface area contributed by atoms with Crippen LogP contribution in [0.1, 0.15) is 0 Å². The summed E-state index contributed by atoms with van der Waals surface area (Å²) in [5.41, 5.74) is 0.912. The van der Waals surface area contributed by atoms with Gasteiger partial charge in [0.25, 0.3) is 0 Å². The number of amides is 2. The van der Waals surface area contributed by atoms with Gasteiger partial charge in [0.2, 0.25) is 11.8 Å². The maximum Gasteiger partial charge on any atom is 0.239 e. The van der Waals surface area contributed by atoms with Crippen molar-refractivity contribution in [2.75, 3.05) is 88.7 Å². The third-order valence-corrected chi connectivity index (χ3v) is 7.21. The lowest BCUT2D eigenvalue weighted by atomic mass is 10.2. The maximum atomic E-state index is 12.8. The molecule has 0 aliphatic carbocycles. The van der Waals surface area contributed by atoms with Crippen LogP contribution >= 0.6 is 0 Å². The zero-order valence-corrected chi connectivity index (χ0v) is 25.0. The molecular weight excluding hydrogens is 580 g/mol. The fourth-order valence-corrected chi connectivity index (χ4v) is 4.90. The van der Waals surface area contributed by atoms with Crippen molar-refractivity contribution in [3.63, 3.8) is 0 Å². The van der Waals surface area contributed by atoms with Crippen LogP contribution in [-0.2, 0) is 23.8 Å². The van der Waals surface area contributed by atoms with Gasteiger partial charge in [-0.15, -0.1) is 0 Å². The van der Waals surface area contributed by atoms with E-state index in [4.69, 9.17) is 14.2 Å². The summed E-state index contributed by atoms with van der Waals surface area (Å²) >= 11 is 0. The minimum absolute atomic E-state index is 0.0401. The van der Waals surface area contributed by atoms with Gasteiger partial charge in [-0.3, -0.25) is 9.59 Å². The maximum absolute atomic E-state index is 12.8. The number of rotatable bonds is 2. The first-order valence-corrected chi connectivity index (χ1v) is 14.9. The molecule has 45 heavy (non-hydrogen) atoms. The molecule has 0 atom stereocenters. The number of benzene rings is 2. The number of nitrogens with zero attached hydrogens (tertiary/aromatic N) is 4. The van der Waals surface area contributed by atoms with Gasteiger partial charge in [-0.2, -0.15) is 0 Å². The Morgan fingerprint density at radius 3 is 1.49 bits per heavy atom. The molecule has 1 aliphatic heterocycles. The average Bonchev–Trinajstić information content (AvgIpc) is 3.04. The highest BCUT2D eigenvalue weighted by molar-refractivity contribution is 5.88. The van der Waals surface area contributed by atoms with Crippen LogP contribution in [0.15, 0.2) is 60.7 Å². The Balaban J connectivity index is 1.23. The van der Waals surface area contributed by atoms with Crippen LogP contribution in [0.3, 0.4) is 0 Å². The SMILES string of the molecule is O=C1CN(c2ccc3cccc(O)c3n2)CCOCCOCCN(c2ccc3cccc(O)c3n2)CC(=O)NCCOCCN1. The fourth-order valence-electron chi connectivity index (χ4n) is 4.90. The highest BCUT2D eigenvalue weighted by atomic mass is 16.5. The van der Waals surface area contributed by atoms with Gasteiger partial charge in [0.05, 0.1) is 52.7 Å². The number of phenols is 2. The van der Waals surface area contributed by atoms with Crippen LogP contribution in [0, 0.1) is 0 Å². The van der Waals surface area contributed by atoms with Crippen LogP contribution < -0.4 is 20.4 Å². The number of phenolic OH excluding ortho intramolecular Hbond substituents is 2. The Labute approximate surface area is 260 Å². The molecule has 0 radical (unpaired) electrons. The van der Waals surface area contributed by atoms with E-state index in [1.165, 1.54) is 0 Å². The lowest BCUT2D eigenvalue weighted by molar-refractivity contribution is -0.120. The second-order valence-electron chi connectivity index (χ2n) is 10.4. The molecular formula is C32H38N6O7. The fraction of sp³-hybridized carbons (Fsp3) is 0.375. The van der Waals surface area contributed by atoms with E-state index in [-0.39, 0.29) is 49.6 Å². The molecule has 0 saturated carbocycles. The Kier molecular flexibility index (Phi) is 11.2. The Morgan fingerprint density at radius 2 is 1.02 bits per heavy atom. The quantitative estimate of drug-likeness (QED) is 0.260. The number of pyridine rings is 2. The normalized spacial score (nSPS) is 17.4. The highest BCUT2D eigenvalue weighted by Crippen LogP contribution is 2.26. The first-order valence-electron chi connectivity index (χ1n) is 14.9. The monoisotopic (exact) mass is 618 g/mol. The topological polar surface area (TPSA) is 159 Å².